The Morgan fingerprint density at radius 1 is 1.24 bits per heavy atom. The van der Waals surface area contributed by atoms with Gasteiger partial charge in [-0.05, 0) is 32.2 Å². The molecule has 21 heavy (non-hydrogen) atoms. The van der Waals surface area contributed by atoms with E-state index in [1.165, 1.54) is 38.2 Å². The molecule has 0 spiro atoms. The number of likely N-dealkylation sites (tertiary alicyclic amines) is 1. The van der Waals surface area contributed by atoms with Crippen LogP contribution >= 0.6 is 0 Å². The highest BCUT2D eigenvalue weighted by Crippen LogP contribution is 2.20. The average molecular weight is 292 g/mol. The van der Waals surface area contributed by atoms with E-state index in [9.17, 15) is 0 Å². The van der Waals surface area contributed by atoms with Crippen molar-refractivity contribution in [3.05, 3.63) is 17.7 Å². The molecule has 3 heterocycles. The summed E-state index contributed by atoms with van der Waals surface area (Å²) in [6.07, 6.45) is 4.73. The lowest BCUT2D eigenvalue weighted by molar-refractivity contribution is 0.0223. The van der Waals surface area contributed by atoms with E-state index in [2.05, 4.69) is 33.3 Å². The number of aromatic nitrogens is 2. The molecule has 1 atom stereocenters. The summed E-state index contributed by atoms with van der Waals surface area (Å²) in [5.41, 5.74) is 1.33. The Hall–Kier alpha value is -0.910. The molecule has 0 aliphatic carbocycles. The van der Waals surface area contributed by atoms with Gasteiger partial charge in [-0.2, -0.15) is 0 Å². The van der Waals surface area contributed by atoms with Gasteiger partial charge in [0.05, 0.1) is 18.9 Å². The molecule has 0 amide bonds. The zero-order valence-corrected chi connectivity index (χ0v) is 13.4. The molecule has 1 aromatic rings. The van der Waals surface area contributed by atoms with Gasteiger partial charge in [0.2, 0.25) is 0 Å². The molecular formula is C16H28N4O. The smallest absolute Gasteiger partial charge is 0.105 e. The van der Waals surface area contributed by atoms with Gasteiger partial charge in [-0.25, -0.2) is 4.98 Å². The van der Waals surface area contributed by atoms with Gasteiger partial charge in [0, 0.05) is 46.0 Å². The third-order valence-electron chi connectivity index (χ3n) is 4.93. The molecule has 1 unspecified atom stereocenters. The molecule has 0 aromatic carbocycles. The van der Waals surface area contributed by atoms with E-state index in [0.717, 1.165) is 44.6 Å². The number of hydrogen-bond donors (Lipinski definition) is 0. The van der Waals surface area contributed by atoms with Crippen molar-refractivity contribution >= 4 is 0 Å². The molecule has 2 saturated heterocycles. The first-order valence-electron chi connectivity index (χ1n) is 8.22. The van der Waals surface area contributed by atoms with E-state index in [0.29, 0.717) is 0 Å². The highest BCUT2D eigenvalue weighted by atomic mass is 16.5. The van der Waals surface area contributed by atoms with Gasteiger partial charge in [-0.15, -0.1) is 0 Å². The molecule has 1 aromatic heterocycles. The maximum absolute atomic E-state index is 5.44. The molecule has 0 radical (unpaired) electrons. The van der Waals surface area contributed by atoms with E-state index in [1.54, 1.807) is 0 Å². The average Bonchev–Trinajstić information content (AvgIpc) is 2.81. The fourth-order valence-electron chi connectivity index (χ4n) is 3.52. The molecule has 0 saturated carbocycles. The van der Waals surface area contributed by atoms with Crippen molar-refractivity contribution < 1.29 is 4.74 Å². The van der Waals surface area contributed by atoms with Gasteiger partial charge < -0.3 is 9.30 Å². The molecule has 3 rings (SSSR count). The maximum atomic E-state index is 5.44. The number of hydrogen-bond acceptors (Lipinski definition) is 4. The quantitative estimate of drug-likeness (QED) is 0.837. The summed E-state index contributed by atoms with van der Waals surface area (Å²) in [4.78, 5) is 9.59. The highest BCUT2D eigenvalue weighted by molar-refractivity contribution is 5.03. The van der Waals surface area contributed by atoms with Crippen LogP contribution in [-0.4, -0.2) is 65.3 Å². The van der Waals surface area contributed by atoms with E-state index in [-0.39, 0.29) is 0 Å². The second kappa shape index (κ2) is 6.90. The number of morpholine rings is 1. The van der Waals surface area contributed by atoms with E-state index < -0.39 is 0 Å². The van der Waals surface area contributed by atoms with E-state index >= 15 is 0 Å². The molecule has 2 aliphatic heterocycles. The molecule has 2 fully saturated rings. The first kappa shape index (κ1) is 15.0. The molecule has 5 nitrogen and oxygen atoms in total. The van der Waals surface area contributed by atoms with Crippen LogP contribution in [0, 0.1) is 12.8 Å². The van der Waals surface area contributed by atoms with Gasteiger partial charge >= 0.3 is 0 Å². The number of ether oxygens (including phenoxy) is 1. The van der Waals surface area contributed by atoms with E-state index in [1.807, 2.05) is 6.20 Å². The zero-order valence-electron chi connectivity index (χ0n) is 13.4. The normalized spacial score (nSPS) is 25.3. The minimum absolute atomic E-state index is 0.811. The fraction of sp³-hybridized carbons (Fsp3) is 0.812. The number of imidazole rings is 1. The lowest BCUT2D eigenvalue weighted by Crippen LogP contribution is -2.44. The van der Waals surface area contributed by atoms with E-state index in [4.69, 9.17) is 4.74 Å². The maximum Gasteiger partial charge on any atom is 0.105 e. The third kappa shape index (κ3) is 3.84. The Bertz CT molecular complexity index is 453. The summed E-state index contributed by atoms with van der Waals surface area (Å²) in [7, 11) is 2.12. The van der Waals surface area contributed by atoms with Crippen LogP contribution < -0.4 is 0 Å². The van der Waals surface area contributed by atoms with Crippen LogP contribution in [0.25, 0.3) is 0 Å². The van der Waals surface area contributed by atoms with Crippen LogP contribution in [0.1, 0.15) is 24.4 Å². The summed E-state index contributed by atoms with van der Waals surface area (Å²) in [6.45, 7) is 10.8. The Morgan fingerprint density at radius 2 is 2.05 bits per heavy atom. The SMILES string of the molecule is Cc1ncc(CN2CCCC(CN3CCOCC3)C2)n1C. The minimum Gasteiger partial charge on any atom is -0.379 e. The van der Waals surface area contributed by atoms with Gasteiger partial charge in [0.1, 0.15) is 5.82 Å². The third-order valence-corrected chi connectivity index (χ3v) is 4.93. The van der Waals surface area contributed by atoms with Crippen LogP contribution in [-0.2, 0) is 18.3 Å². The van der Waals surface area contributed by atoms with Crippen molar-refractivity contribution in [1.29, 1.82) is 0 Å². The zero-order chi connectivity index (χ0) is 14.7. The number of aryl methyl sites for hydroxylation is 1. The van der Waals surface area contributed by atoms with Crippen LogP contribution in [0.15, 0.2) is 6.20 Å². The molecule has 5 heteroatoms. The lowest BCUT2D eigenvalue weighted by Gasteiger charge is -2.36. The second-order valence-corrected chi connectivity index (χ2v) is 6.51. The first-order valence-corrected chi connectivity index (χ1v) is 8.22. The molecule has 0 bridgehead atoms. The predicted molar refractivity (Wildman–Crippen MR) is 83.2 cm³/mol. The monoisotopic (exact) mass is 292 g/mol. The predicted octanol–water partition coefficient (Wildman–Crippen LogP) is 1.27. The van der Waals surface area contributed by atoms with Gasteiger partial charge in [-0.3, -0.25) is 9.80 Å². The summed E-state index contributed by atoms with van der Waals surface area (Å²) in [6, 6.07) is 0. The van der Waals surface area contributed by atoms with Crippen molar-refractivity contribution in [2.45, 2.75) is 26.3 Å². The van der Waals surface area contributed by atoms with Crippen molar-refractivity contribution in [3.63, 3.8) is 0 Å². The molecule has 118 valence electrons. The van der Waals surface area contributed by atoms with Gasteiger partial charge in [-0.1, -0.05) is 0 Å². The Morgan fingerprint density at radius 3 is 2.76 bits per heavy atom. The van der Waals surface area contributed by atoms with Gasteiger partial charge in [0.15, 0.2) is 0 Å². The largest absolute Gasteiger partial charge is 0.379 e. The summed E-state index contributed by atoms with van der Waals surface area (Å²) >= 11 is 0. The number of nitrogens with zero attached hydrogens (tertiary/aromatic N) is 4. The van der Waals surface area contributed by atoms with Crippen LogP contribution in [0.5, 0.6) is 0 Å². The molecule has 2 aliphatic rings. The van der Waals surface area contributed by atoms with Crippen molar-refractivity contribution in [3.8, 4) is 0 Å². The second-order valence-electron chi connectivity index (χ2n) is 6.51. The summed E-state index contributed by atoms with van der Waals surface area (Å²) < 4.78 is 7.66. The summed E-state index contributed by atoms with van der Waals surface area (Å²) in [5.74, 6) is 1.91. The standard InChI is InChI=1S/C16H28N4O/c1-14-17-10-16(18(14)2)13-20-5-3-4-15(12-20)11-19-6-8-21-9-7-19/h10,15H,3-9,11-13H2,1-2H3. The molecular weight excluding hydrogens is 264 g/mol. The Labute approximate surface area is 127 Å². The Kier molecular flexibility index (Phi) is 4.93. The highest BCUT2D eigenvalue weighted by Gasteiger charge is 2.23. The topological polar surface area (TPSA) is 33.5 Å². The fourth-order valence-corrected chi connectivity index (χ4v) is 3.52. The van der Waals surface area contributed by atoms with Crippen molar-refractivity contribution in [1.82, 2.24) is 19.4 Å². The van der Waals surface area contributed by atoms with Gasteiger partial charge in [0.25, 0.3) is 0 Å². The minimum atomic E-state index is 0.811. The Balaban J connectivity index is 1.51. The first-order chi connectivity index (χ1) is 10.2. The van der Waals surface area contributed by atoms with Crippen LogP contribution in [0.4, 0.5) is 0 Å². The molecule has 0 N–H and O–H groups in total. The number of piperidine rings is 1. The lowest BCUT2D eigenvalue weighted by atomic mass is 9.97. The van der Waals surface area contributed by atoms with Crippen LogP contribution in [0.3, 0.4) is 0 Å². The van der Waals surface area contributed by atoms with Crippen LogP contribution in [0.2, 0.25) is 0 Å². The van der Waals surface area contributed by atoms with Crippen molar-refractivity contribution in [2.75, 3.05) is 45.9 Å². The summed E-state index contributed by atoms with van der Waals surface area (Å²) in [5, 5.41) is 0. The number of rotatable bonds is 4. The van der Waals surface area contributed by atoms with Crippen molar-refractivity contribution in [2.24, 2.45) is 13.0 Å².